The van der Waals surface area contributed by atoms with Crippen LogP contribution in [-0.4, -0.2) is 29.8 Å². The molecule has 0 saturated carbocycles. The molecule has 1 fully saturated rings. The van der Waals surface area contributed by atoms with Gasteiger partial charge in [0.25, 0.3) is 0 Å². The number of aromatic carboxylic acids is 1. The predicted molar refractivity (Wildman–Crippen MR) is 79.4 cm³/mol. The number of carboxylic acid groups (broad SMARTS) is 1. The van der Waals surface area contributed by atoms with E-state index in [9.17, 15) is 4.79 Å². The zero-order chi connectivity index (χ0) is 14.5. The average Bonchev–Trinajstić information content (AvgIpc) is 2.42. The molecule has 0 aromatic heterocycles. The average molecular weight is 277 g/mol. The van der Waals surface area contributed by atoms with E-state index in [2.05, 4.69) is 12.2 Å². The van der Waals surface area contributed by atoms with Gasteiger partial charge in [0.15, 0.2) is 0 Å². The monoisotopic (exact) mass is 277 g/mol. The summed E-state index contributed by atoms with van der Waals surface area (Å²) < 4.78 is 5.75. The zero-order valence-corrected chi connectivity index (χ0v) is 12.2. The van der Waals surface area contributed by atoms with Crippen LogP contribution in [-0.2, 0) is 4.74 Å². The third kappa shape index (κ3) is 3.73. The number of aryl methyl sites for hydroxylation is 1. The normalized spacial score (nSPS) is 22.5. The van der Waals surface area contributed by atoms with Crippen molar-refractivity contribution in [2.24, 2.45) is 0 Å². The lowest BCUT2D eigenvalue weighted by Crippen LogP contribution is -2.34. The molecule has 2 N–H and O–H groups in total. The van der Waals surface area contributed by atoms with Crippen LogP contribution in [0.25, 0.3) is 0 Å². The molecule has 1 aliphatic heterocycles. The molecule has 0 spiro atoms. The van der Waals surface area contributed by atoms with Gasteiger partial charge in [0.1, 0.15) is 0 Å². The predicted octanol–water partition coefficient (Wildman–Crippen LogP) is 3.45. The van der Waals surface area contributed by atoms with Gasteiger partial charge < -0.3 is 15.2 Å². The maximum absolute atomic E-state index is 10.9. The Morgan fingerprint density at radius 2 is 2.30 bits per heavy atom. The van der Waals surface area contributed by atoms with Gasteiger partial charge in [-0.2, -0.15) is 0 Å². The molecule has 0 bridgehead atoms. The molecule has 0 radical (unpaired) electrons. The fraction of sp³-hybridized carbons (Fsp3) is 0.562. The molecule has 4 heteroatoms. The van der Waals surface area contributed by atoms with Crippen LogP contribution in [0, 0.1) is 6.92 Å². The van der Waals surface area contributed by atoms with Gasteiger partial charge in [-0.05, 0) is 49.9 Å². The minimum atomic E-state index is -0.881. The molecule has 2 rings (SSSR count). The van der Waals surface area contributed by atoms with Crippen molar-refractivity contribution in [2.75, 3.05) is 11.9 Å². The van der Waals surface area contributed by atoms with Gasteiger partial charge in [0.2, 0.25) is 0 Å². The first-order valence-corrected chi connectivity index (χ1v) is 7.32. The van der Waals surface area contributed by atoms with E-state index in [0.29, 0.717) is 17.7 Å². The highest BCUT2D eigenvalue weighted by atomic mass is 16.5. The van der Waals surface area contributed by atoms with E-state index in [1.807, 2.05) is 13.0 Å². The second-order valence-corrected chi connectivity index (χ2v) is 5.48. The fourth-order valence-corrected chi connectivity index (χ4v) is 2.71. The topological polar surface area (TPSA) is 58.6 Å². The molecule has 20 heavy (non-hydrogen) atoms. The first-order chi connectivity index (χ1) is 9.60. The van der Waals surface area contributed by atoms with Crippen molar-refractivity contribution in [1.82, 2.24) is 0 Å². The van der Waals surface area contributed by atoms with Gasteiger partial charge in [-0.1, -0.05) is 13.3 Å². The Kier molecular flexibility index (Phi) is 5.01. The van der Waals surface area contributed by atoms with E-state index in [-0.39, 0.29) is 0 Å². The van der Waals surface area contributed by atoms with E-state index in [1.54, 1.807) is 12.1 Å². The molecule has 0 amide bonds. The number of carboxylic acids is 1. The molecular formula is C16H23NO3. The molecule has 2 atom stereocenters. The Bertz CT molecular complexity index is 471. The number of carbonyl (C=O) groups is 1. The van der Waals surface area contributed by atoms with Crippen LogP contribution >= 0.6 is 0 Å². The molecule has 2 unspecified atom stereocenters. The number of hydrogen-bond donors (Lipinski definition) is 2. The van der Waals surface area contributed by atoms with Crippen LogP contribution in [0.2, 0.25) is 0 Å². The lowest BCUT2D eigenvalue weighted by molar-refractivity contribution is 0.00597. The van der Waals surface area contributed by atoms with Crippen molar-refractivity contribution >= 4 is 11.7 Å². The Morgan fingerprint density at radius 3 is 2.95 bits per heavy atom. The summed E-state index contributed by atoms with van der Waals surface area (Å²) >= 11 is 0. The summed E-state index contributed by atoms with van der Waals surface area (Å²) in [5.74, 6) is -0.881. The molecule has 1 aromatic carbocycles. The molecule has 1 aromatic rings. The van der Waals surface area contributed by atoms with Gasteiger partial charge in [-0.15, -0.1) is 0 Å². The van der Waals surface area contributed by atoms with Crippen LogP contribution < -0.4 is 5.32 Å². The van der Waals surface area contributed by atoms with Crippen LogP contribution in [0.4, 0.5) is 5.69 Å². The van der Waals surface area contributed by atoms with Crippen LogP contribution in [0.1, 0.15) is 48.5 Å². The van der Waals surface area contributed by atoms with Gasteiger partial charge in [0, 0.05) is 18.3 Å². The zero-order valence-electron chi connectivity index (χ0n) is 12.2. The second kappa shape index (κ2) is 6.75. The molecule has 4 nitrogen and oxygen atoms in total. The lowest BCUT2D eigenvalue weighted by Gasteiger charge is -2.31. The SMILES string of the molecule is CCCC1CC(Nc2ccc(C(=O)O)cc2C)CCO1. The minimum absolute atomic E-state index is 0.337. The number of benzene rings is 1. The largest absolute Gasteiger partial charge is 0.478 e. The molecular weight excluding hydrogens is 254 g/mol. The smallest absolute Gasteiger partial charge is 0.335 e. The third-order valence-electron chi connectivity index (χ3n) is 3.81. The van der Waals surface area contributed by atoms with Crippen molar-refractivity contribution in [3.63, 3.8) is 0 Å². The Balaban J connectivity index is 2.00. The van der Waals surface area contributed by atoms with Crippen molar-refractivity contribution in [3.8, 4) is 0 Å². The van der Waals surface area contributed by atoms with E-state index in [4.69, 9.17) is 9.84 Å². The Morgan fingerprint density at radius 1 is 1.50 bits per heavy atom. The summed E-state index contributed by atoms with van der Waals surface area (Å²) in [6, 6.07) is 5.64. The fourth-order valence-electron chi connectivity index (χ4n) is 2.71. The number of ether oxygens (including phenoxy) is 1. The maximum atomic E-state index is 10.9. The van der Waals surface area contributed by atoms with Crippen LogP contribution in [0.3, 0.4) is 0 Å². The van der Waals surface area contributed by atoms with E-state index in [1.165, 1.54) is 0 Å². The summed E-state index contributed by atoms with van der Waals surface area (Å²) in [6.45, 7) is 4.92. The lowest BCUT2D eigenvalue weighted by atomic mass is 9.99. The third-order valence-corrected chi connectivity index (χ3v) is 3.81. The quantitative estimate of drug-likeness (QED) is 0.865. The number of anilines is 1. The highest BCUT2D eigenvalue weighted by Crippen LogP contribution is 2.24. The van der Waals surface area contributed by atoms with Crippen molar-refractivity contribution in [3.05, 3.63) is 29.3 Å². The van der Waals surface area contributed by atoms with E-state index in [0.717, 1.165) is 43.5 Å². The summed E-state index contributed by atoms with van der Waals surface area (Å²) in [5, 5.41) is 12.5. The number of nitrogens with one attached hydrogen (secondary N) is 1. The van der Waals surface area contributed by atoms with Crippen molar-refractivity contribution in [2.45, 2.75) is 51.7 Å². The van der Waals surface area contributed by atoms with Crippen molar-refractivity contribution in [1.29, 1.82) is 0 Å². The standard InChI is InChI=1S/C16H23NO3/c1-3-4-14-10-13(7-8-20-14)17-15-6-5-12(16(18)19)9-11(15)2/h5-6,9,13-14,17H,3-4,7-8,10H2,1-2H3,(H,18,19). The molecule has 110 valence electrons. The number of rotatable bonds is 5. The minimum Gasteiger partial charge on any atom is -0.478 e. The van der Waals surface area contributed by atoms with Gasteiger partial charge in [0.05, 0.1) is 11.7 Å². The Hall–Kier alpha value is -1.55. The number of hydrogen-bond acceptors (Lipinski definition) is 3. The molecule has 1 heterocycles. The highest BCUT2D eigenvalue weighted by molar-refractivity contribution is 5.88. The highest BCUT2D eigenvalue weighted by Gasteiger charge is 2.22. The van der Waals surface area contributed by atoms with Crippen molar-refractivity contribution < 1.29 is 14.6 Å². The molecule has 1 saturated heterocycles. The summed E-state index contributed by atoms with van der Waals surface area (Å²) in [7, 11) is 0. The first-order valence-electron chi connectivity index (χ1n) is 7.32. The second-order valence-electron chi connectivity index (χ2n) is 5.48. The Labute approximate surface area is 120 Å². The van der Waals surface area contributed by atoms with Gasteiger partial charge in [-0.3, -0.25) is 0 Å². The van der Waals surface area contributed by atoms with Crippen LogP contribution in [0.15, 0.2) is 18.2 Å². The molecule has 0 aliphatic carbocycles. The summed E-state index contributed by atoms with van der Waals surface area (Å²) in [6.07, 6.45) is 4.62. The molecule has 1 aliphatic rings. The first kappa shape index (κ1) is 14.9. The maximum Gasteiger partial charge on any atom is 0.335 e. The van der Waals surface area contributed by atoms with E-state index < -0.39 is 5.97 Å². The summed E-state index contributed by atoms with van der Waals surface area (Å²) in [5.41, 5.74) is 2.34. The van der Waals surface area contributed by atoms with Crippen LogP contribution in [0.5, 0.6) is 0 Å². The van der Waals surface area contributed by atoms with E-state index >= 15 is 0 Å². The summed E-state index contributed by atoms with van der Waals surface area (Å²) in [4.78, 5) is 10.9. The van der Waals surface area contributed by atoms with Gasteiger partial charge in [-0.25, -0.2) is 4.79 Å². The van der Waals surface area contributed by atoms with Gasteiger partial charge >= 0.3 is 5.97 Å².